The maximum Gasteiger partial charge on any atom is 0.257 e. The molecule has 0 radical (unpaired) electrons. The van der Waals surface area contributed by atoms with Gasteiger partial charge in [0.1, 0.15) is 5.75 Å². The molecule has 0 unspecified atom stereocenters. The summed E-state index contributed by atoms with van der Waals surface area (Å²) >= 11 is 0. The van der Waals surface area contributed by atoms with E-state index in [9.17, 15) is 13.2 Å². The van der Waals surface area contributed by atoms with Crippen LogP contribution in [0.2, 0.25) is 0 Å². The Balaban J connectivity index is 1.79. The monoisotopic (exact) mass is 390 g/mol. The van der Waals surface area contributed by atoms with Crippen LogP contribution < -0.4 is 14.8 Å². The average molecular weight is 391 g/mol. The van der Waals surface area contributed by atoms with Gasteiger partial charge in [0, 0.05) is 13.1 Å². The van der Waals surface area contributed by atoms with Gasteiger partial charge in [-0.1, -0.05) is 29.8 Å². The second kappa shape index (κ2) is 9.01. The van der Waals surface area contributed by atoms with Crippen molar-refractivity contribution in [3.05, 3.63) is 58.7 Å². The molecule has 2 rings (SSSR count). The van der Waals surface area contributed by atoms with E-state index in [0.717, 1.165) is 16.7 Å². The first-order valence-electron chi connectivity index (χ1n) is 8.73. The molecule has 0 bridgehead atoms. The first-order valence-corrected chi connectivity index (χ1v) is 10.2. The summed E-state index contributed by atoms with van der Waals surface area (Å²) in [6, 6.07) is 10.8. The predicted molar refractivity (Wildman–Crippen MR) is 106 cm³/mol. The van der Waals surface area contributed by atoms with Crippen molar-refractivity contribution in [1.82, 2.24) is 10.0 Å². The van der Waals surface area contributed by atoms with Crippen molar-refractivity contribution >= 4 is 15.9 Å². The number of carbonyl (C=O) groups is 1. The van der Waals surface area contributed by atoms with Crippen LogP contribution in [0, 0.1) is 27.7 Å². The quantitative estimate of drug-likeness (QED) is 0.678. The van der Waals surface area contributed by atoms with Crippen molar-refractivity contribution < 1.29 is 17.9 Å². The fourth-order valence-corrected chi connectivity index (χ4v) is 3.90. The van der Waals surface area contributed by atoms with Crippen LogP contribution in [0.15, 0.2) is 41.3 Å². The molecule has 146 valence electrons. The molecule has 0 spiro atoms. The topological polar surface area (TPSA) is 84.5 Å². The molecule has 0 aliphatic heterocycles. The van der Waals surface area contributed by atoms with Gasteiger partial charge >= 0.3 is 0 Å². The summed E-state index contributed by atoms with van der Waals surface area (Å²) in [4.78, 5) is 12.1. The molecule has 0 fully saturated rings. The standard InChI is InChI=1S/C20H26N2O4S/c1-14-8-9-19(16(3)12-14)27(24,25)22-11-10-21-20(23)13-26-18-7-5-6-15(2)17(18)4/h5-9,12,22H,10-11,13H2,1-4H3,(H,21,23). The lowest BCUT2D eigenvalue weighted by Crippen LogP contribution is -2.37. The number of sulfonamides is 1. The molecule has 0 heterocycles. The maximum absolute atomic E-state index is 12.3. The average Bonchev–Trinajstić information content (AvgIpc) is 2.59. The van der Waals surface area contributed by atoms with E-state index >= 15 is 0 Å². The van der Waals surface area contributed by atoms with Crippen LogP contribution in [0.4, 0.5) is 0 Å². The number of nitrogens with one attached hydrogen (secondary N) is 2. The van der Waals surface area contributed by atoms with Gasteiger partial charge in [0.05, 0.1) is 4.90 Å². The highest BCUT2D eigenvalue weighted by molar-refractivity contribution is 7.89. The van der Waals surface area contributed by atoms with E-state index in [1.54, 1.807) is 19.1 Å². The van der Waals surface area contributed by atoms with Crippen molar-refractivity contribution in [2.45, 2.75) is 32.6 Å². The number of aryl methyl sites for hydroxylation is 3. The molecule has 0 saturated heterocycles. The first-order chi connectivity index (χ1) is 12.7. The number of ether oxygens (including phenoxy) is 1. The Hall–Kier alpha value is -2.38. The number of benzene rings is 2. The normalized spacial score (nSPS) is 11.3. The van der Waals surface area contributed by atoms with Crippen molar-refractivity contribution in [1.29, 1.82) is 0 Å². The van der Waals surface area contributed by atoms with Crippen LogP contribution in [-0.2, 0) is 14.8 Å². The van der Waals surface area contributed by atoms with Gasteiger partial charge in [-0.15, -0.1) is 0 Å². The van der Waals surface area contributed by atoms with E-state index in [1.807, 2.05) is 45.0 Å². The fraction of sp³-hybridized carbons (Fsp3) is 0.350. The molecule has 1 amide bonds. The molecule has 0 aliphatic carbocycles. The highest BCUT2D eigenvalue weighted by Gasteiger charge is 2.16. The van der Waals surface area contributed by atoms with Crippen LogP contribution in [0.25, 0.3) is 0 Å². The van der Waals surface area contributed by atoms with Crippen molar-refractivity contribution in [2.75, 3.05) is 19.7 Å². The summed E-state index contributed by atoms with van der Waals surface area (Å²) < 4.78 is 32.7. The summed E-state index contributed by atoms with van der Waals surface area (Å²) in [6.45, 7) is 7.74. The number of amides is 1. The Bertz CT molecular complexity index is 924. The minimum atomic E-state index is -3.60. The Morgan fingerprint density at radius 2 is 1.74 bits per heavy atom. The summed E-state index contributed by atoms with van der Waals surface area (Å²) in [5.74, 6) is 0.363. The van der Waals surface area contributed by atoms with Crippen LogP contribution in [0.5, 0.6) is 5.75 Å². The van der Waals surface area contributed by atoms with E-state index in [2.05, 4.69) is 10.0 Å². The Kier molecular flexibility index (Phi) is 6.98. The van der Waals surface area contributed by atoms with Crippen molar-refractivity contribution in [2.24, 2.45) is 0 Å². The Morgan fingerprint density at radius 1 is 1.00 bits per heavy atom. The van der Waals surface area contributed by atoms with Crippen molar-refractivity contribution in [3.63, 3.8) is 0 Å². The van der Waals surface area contributed by atoms with Gasteiger partial charge in [0.25, 0.3) is 5.91 Å². The molecule has 2 aromatic rings. The van der Waals surface area contributed by atoms with Gasteiger partial charge in [0.2, 0.25) is 10.0 Å². The molecular formula is C20H26N2O4S. The number of carbonyl (C=O) groups excluding carboxylic acids is 1. The third-order valence-electron chi connectivity index (χ3n) is 4.27. The van der Waals surface area contributed by atoms with E-state index in [4.69, 9.17) is 4.74 Å². The molecule has 0 aromatic heterocycles. The second-order valence-electron chi connectivity index (χ2n) is 6.50. The lowest BCUT2D eigenvalue weighted by molar-refractivity contribution is -0.123. The fourth-order valence-electron chi connectivity index (χ4n) is 2.64. The van der Waals surface area contributed by atoms with Crippen LogP contribution in [-0.4, -0.2) is 34.0 Å². The van der Waals surface area contributed by atoms with Crippen LogP contribution >= 0.6 is 0 Å². The summed E-state index contributed by atoms with van der Waals surface area (Å²) in [7, 11) is -3.60. The van der Waals surface area contributed by atoms with E-state index in [0.29, 0.717) is 11.3 Å². The molecule has 27 heavy (non-hydrogen) atoms. The van der Waals surface area contributed by atoms with Crippen LogP contribution in [0.1, 0.15) is 22.3 Å². The third-order valence-corrected chi connectivity index (χ3v) is 5.89. The molecule has 2 aromatic carbocycles. The van der Waals surface area contributed by atoms with E-state index in [-0.39, 0.29) is 30.5 Å². The van der Waals surface area contributed by atoms with Gasteiger partial charge < -0.3 is 10.1 Å². The molecule has 0 saturated carbocycles. The first kappa shape index (κ1) is 20.9. The summed E-state index contributed by atoms with van der Waals surface area (Å²) in [6.07, 6.45) is 0. The van der Waals surface area contributed by atoms with E-state index in [1.165, 1.54) is 0 Å². The largest absolute Gasteiger partial charge is 0.483 e. The van der Waals surface area contributed by atoms with Gasteiger partial charge in [-0.2, -0.15) is 0 Å². The summed E-state index contributed by atoms with van der Waals surface area (Å²) in [5.41, 5.74) is 3.77. The van der Waals surface area contributed by atoms with Crippen LogP contribution in [0.3, 0.4) is 0 Å². The molecule has 0 atom stereocenters. The number of hydrogen-bond donors (Lipinski definition) is 2. The zero-order valence-corrected chi connectivity index (χ0v) is 16.9. The maximum atomic E-state index is 12.3. The van der Waals surface area contributed by atoms with Gasteiger partial charge in [-0.25, -0.2) is 13.1 Å². The SMILES string of the molecule is Cc1ccc(S(=O)(=O)NCCNC(=O)COc2cccc(C)c2C)c(C)c1. The summed E-state index contributed by atoms with van der Waals surface area (Å²) in [5, 5.41) is 2.64. The van der Waals surface area contributed by atoms with E-state index < -0.39 is 10.0 Å². The highest BCUT2D eigenvalue weighted by atomic mass is 32.2. The second-order valence-corrected chi connectivity index (χ2v) is 8.24. The number of rotatable bonds is 8. The van der Waals surface area contributed by atoms with Gasteiger partial charge in [-0.3, -0.25) is 4.79 Å². The van der Waals surface area contributed by atoms with Gasteiger partial charge in [-0.05, 0) is 56.5 Å². The lowest BCUT2D eigenvalue weighted by atomic mass is 10.1. The molecule has 7 heteroatoms. The molecule has 2 N–H and O–H groups in total. The molecule has 6 nitrogen and oxygen atoms in total. The minimum absolute atomic E-state index is 0.102. The zero-order valence-electron chi connectivity index (χ0n) is 16.1. The smallest absolute Gasteiger partial charge is 0.257 e. The lowest BCUT2D eigenvalue weighted by Gasteiger charge is -2.12. The number of hydrogen-bond acceptors (Lipinski definition) is 4. The minimum Gasteiger partial charge on any atom is -0.483 e. The van der Waals surface area contributed by atoms with Crippen molar-refractivity contribution in [3.8, 4) is 5.75 Å². The molecule has 0 aliphatic rings. The third kappa shape index (κ3) is 5.80. The highest BCUT2D eigenvalue weighted by Crippen LogP contribution is 2.20. The molecular weight excluding hydrogens is 364 g/mol. The Labute approximate surface area is 161 Å². The zero-order chi connectivity index (χ0) is 20.0. The van der Waals surface area contributed by atoms with Gasteiger partial charge in [0.15, 0.2) is 6.61 Å². The predicted octanol–water partition coefficient (Wildman–Crippen LogP) is 2.39. The Morgan fingerprint density at radius 3 is 2.44 bits per heavy atom.